The lowest BCUT2D eigenvalue weighted by Crippen LogP contribution is -2.60. The predicted octanol–water partition coefficient (Wildman–Crippen LogP) is 1.39. The summed E-state index contributed by atoms with van der Waals surface area (Å²) in [7, 11) is 1.50. The number of rotatable bonds is 3. The molecule has 0 unspecified atom stereocenters. The molecule has 0 saturated carbocycles. The maximum atomic E-state index is 13.9. The Morgan fingerprint density at radius 3 is 2.52 bits per heavy atom. The van der Waals surface area contributed by atoms with E-state index in [1.165, 1.54) is 19.0 Å². The monoisotopic (exact) mass is 448 g/mol. The highest BCUT2D eigenvalue weighted by Crippen LogP contribution is 2.41. The molecule has 1 fully saturated rings. The van der Waals surface area contributed by atoms with Crippen molar-refractivity contribution in [2.75, 3.05) is 32.1 Å². The van der Waals surface area contributed by atoms with Crippen LogP contribution in [0, 0.1) is 11.2 Å². The lowest BCUT2D eigenvalue weighted by atomic mass is 9.82. The van der Waals surface area contributed by atoms with E-state index in [4.69, 9.17) is 9.88 Å². The number of carbonyl (C=O) groups is 1. The maximum Gasteiger partial charge on any atom is 0.227 e. The van der Waals surface area contributed by atoms with Crippen molar-refractivity contribution in [3.63, 3.8) is 0 Å². The summed E-state index contributed by atoms with van der Waals surface area (Å²) in [5.41, 5.74) is 9.42. The van der Waals surface area contributed by atoms with Crippen LogP contribution in [-0.4, -0.2) is 42.9 Å². The zero-order valence-electron chi connectivity index (χ0n) is 17.7. The summed E-state index contributed by atoms with van der Waals surface area (Å²) in [5.74, 6) is 0.829. The quantitative estimate of drug-likeness (QED) is 0.414. The zero-order chi connectivity index (χ0) is 22.0. The number of carbonyl (C=O) groups excluding carboxylic acids is 1. The van der Waals surface area contributed by atoms with E-state index < -0.39 is 0 Å². The van der Waals surface area contributed by atoms with Gasteiger partial charge in [-0.25, -0.2) is 9.07 Å². The minimum absolute atomic E-state index is 0.000184. The summed E-state index contributed by atoms with van der Waals surface area (Å²) in [4.78, 5) is 11.5. The van der Waals surface area contributed by atoms with Gasteiger partial charge in [-0.1, -0.05) is 0 Å². The van der Waals surface area contributed by atoms with Crippen LogP contribution in [0.3, 0.4) is 0 Å². The van der Waals surface area contributed by atoms with Crippen LogP contribution in [0.5, 0.6) is 5.88 Å². The molecule has 1 amide bonds. The number of nitrogens with zero attached hydrogens (tertiary/aromatic N) is 2. The van der Waals surface area contributed by atoms with Gasteiger partial charge in [0.05, 0.1) is 19.3 Å². The molecule has 31 heavy (non-hydrogen) atoms. The number of nitrogens with two attached hydrogens (primary N) is 2. The van der Waals surface area contributed by atoms with Crippen molar-refractivity contribution in [2.45, 2.75) is 43.5 Å². The molecule has 1 spiro atoms. The van der Waals surface area contributed by atoms with Crippen LogP contribution in [0.15, 0.2) is 11.1 Å². The fourth-order valence-electron chi connectivity index (χ4n) is 4.73. The molecule has 0 bridgehead atoms. The van der Waals surface area contributed by atoms with Crippen molar-refractivity contribution in [2.24, 2.45) is 16.3 Å². The molecule has 6 rings (SSSR count). The van der Waals surface area contributed by atoms with E-state index in [0.717, 1.165) is 97.1 Å². The Hall–Kier alpha value is -2.14. The number of amides is 1. The van der Waals surface area contributed by atoms with Crippen LogP contribution in [0.25, 0.3) is 0 Å². The van der Waals surface area contributed by atoms with Crippen LogP contribution < -0.4 is 26.2 Å². The number of hydrogen-bond donors (Lipinski definition) is 4. The van der Waals surface area contributed by atoms with Gasteiger partial charge in [-0.3, -0.25) is 9.93 Å². The number of halogens is 1. The molecule has 0 radical (unpaired) electrons. The third-order valence-corrected chi connectivity index (χ3v) is 6.96. The minimum atomic E-state index is 0.000184. The molecular weight excluding hydrogens is 419 g/mol. The minimum Gasteiger partial charge on any atom is -0.476 e. The van der Waals surface area contributed by atoms with E-state index in [1.807, 2.05) is 4.68 Å². The molecule has 0 atom stereocenters. The number of anilines is 1. The Balaban J connectivity index is 0.000000139. The summed E-state index contributed by atoms with van der Waals surface area (Å²) in [6.45, 7) is 3.77. The Morgan fingerprint density at radius 1 is 1.23 bits per heavy atom. The van der Waals surface area contributed by atoms with Gasteiger partial charge in [0, 0.05) is 24.2 Å². The Bertz CT molecular complexity index is 976. The predicted molar refractivity (Wildman–Crippen MR) is 119 cm³/mol. The van der Waals surface area contributed by atoms with E-state index >= 15 is 0 Å². The number of fused-ring (bicyclic) bond motifs is 3. The molecule has 2 aliphatic carbocycles. The molecule has 4 aliphatic rings. The lowest BCUT2D eigenvalue weighted by Gasteiger charge is -2.44. The second kappa shape index (κ2) is 9.15. The number of aromatic nitrogens is 2. The SMILES string of the molecule is CN.NSc1cnn2c1OCC1(CNC1)C2.O=CNc1c2c(c(F)c3c1CC3)CCC2. The van der Waals surface area contributed by atoms with Crippen molar-refractivity contribution in [1.29, 1.82) is 0 Å². The normalized spacial score (nSPS) is 18.5. The van der Waals surface area contributed by atoms with Gasteiger partial charge in [-0.05, 0) is 73.4 Å². The van der Waals surface area contributed by atoms with Crippen molar-refractivity contribution in [3.05, 3.63) is 34.3 Å². The van der Waals surface area contributed by atoms with Gasteiger partial charge >= 0.3 is 0 Å². The van der Waals surface area contributed by atoms with E-state index in [-0.39, 0.29) is 11.2 Å². The molecule has 2 aromatic rings. The van der Waals surface area contributed by atoms with Crippen molar-refractivity contribution >= 4 is 24.0 Å². The molecule has 10 heteroatoms. The Kier molecular flexibility index (Phi) is 6.52. The van der Waals surface area contributed by atoms with Gasteiger partial charge in [-0.15, -0.1) is 0 Å². The Labute approximate surface area is 185 Å². The summed E-state index contributed by atoms with van der Waals surface area (Å²) >= 11 is 1.19. The zero-order valence-corrected chi connectivity index (χ0v) is 18.5. The first-order valence-electron chi connectivity index (χ1n) is 10.5. The average molecular weight is 449 g/mol. The summed E-state index contributed by atoms with van der Waals surface area (Å²) in [6, 6.07) is 0. The average Bonchev–Trinajstić information content (AvgIpc) is 3.39. The van der Waals surface area contributed by atoms with E-state index in [9.17, 15) is 9.18 Å². The summed E-state index contributed by atoms with van der Waals surface area (Å²) in [6.07, 6.45) is 6.91. The number of nitrogens with one attached hydrogen (secondary N) is 2. The van der Waals surface area contributed by atoms with Gasteiger partial charge in [-0.2, -0.15) is 5.10 Å². The first kappa shape index (κ1) is 22.1. The van der Waals surface area contributed by atoms with Crippen LogP contribution in [-0.2, 0) is 37.0 Å². The highest BCUT2D eigenvalue weighted by atomic mass is 32.2. The van der Waals surface area contributed by atoms with Gasteiger partial charge < -0.3 is 21.1 Å². The molecule has 2 aliphatic heterocycles. The topological polar surface area (TPSA) is 120 Å². The lowest BCUT2D eigenvalue weighted by molar-refractivity contribution is -0.105. The summed E-state index contributed by atoms with van der Waals surface area (Å²) < 4.78 is 21.5. The first-order chi connectivity index (χ1) is 15.2. The highest BCUT2D eigenvalue weighted by molar-refractivity contribution is 7.97. The highest BCUT2D eigenvalue weighted by Gasteiger charge is 2.42. The van der Waals surface area contributed by atoms with E-state index in [1.54, 1.807) is 6.20 Å². The van der Waals surface area contributed by atoms with Gasteiger partial charge in [0.15, 0.2) is 0 Å². The van der Waals surface area contributed by atoms with E-state index in [2.05, 4.69) is 21.5 Å². The van der Waals surface area contributed by atoms with Crippen LogP contribution >= 0.6 is 11.9 Å². The van der Waals surface area contributed by atoms with Crippen molar-refractivity contribution in [1.82, 2.24) is 15.1 Å². The second-order valence-corrected chi connectivity index (χ2v) is 8.88. The first-order valence-corrected chi connectivity index (χ1v) is 11.4. The van der Waals surface area contributed by atoms with Crippen LogP contribution in [0.2, 0.25) is 0 Å². The van der Waals surface area contributed by atoms with Gasteiger partial charge in [0.1, 0.15) is 10.7 Å². The summed E-state index contributed by atoms with van der Waals surface area (Å²) in [5, 5.41) is 15.8. The third-order valence-electron chi connectivity index (χ3n) is 6.43. The molecule has 168 valence electrons. The number of ether oxygens (including phenoxy) is 1. The molecule has 6 N–H and O–H groups in total. The molecular formula is C21H29FN6O2S. The third kappa shape index (κ3) is 3.82. The van der Waals surface area contributed by atoms with Gasteiger partial charge in [0.2, 0.25) is 12.3 Å². The van der Waals surface area contributed by atoms with Crippen LogP contribution in [0.4, 0.5) is 10.1 Å². The molecule has 1 aromatic carbocycles. The van der Waals surface area contributed by atoms with E-state index in [0.29, 0.717) is 6.41 Å². The molecule has 8 nitrogen and oxygen atoms in total. The van der Waals surface area contributed by atoms with Crippen molar-refractivity contribution < 1.29 is 13.9 Å². The maximum absolute atomic E-state index is 13.9. The Morgan fingerprint density at radius 2 is 1.90 bits per heavy atom. The van der Waals surface area contributed by atoms with Crippen molar-refractivity contribution in [3.8, 4) is 5.88 Å². The largest absolute Gasteiger partial charge is 0.476 e. The number of hydrogen-bond acceptors (Lipinski definition) is 7. The standard InChI is InChI=1S/C12H12FNO.C8H12N4OS.CH5N/c13-11-7-2-1-3-9(7)12(14-6-15)10-5-4-8(10)11;9-14-6-1-11-12-4-8(2-10-3-8)5-13-7(6)12;1-2/h6H,1-5H2,(H,14,15);1,10H,2-5,9H2;2H2,1H3. The fourth-order valence-corrected chi connectivity index (χ4v) is 5.10. The molecule has 1 aromatic heterocycles. The fraction of sp³-hybridized carbons (Fsp3) is 0.524. The smallest absolute Gasteiger partial charge is 0.227 e. The molecule has 1 saturated heterocycles. The second-order valence-electron chi connectivity index (χ2n) is 8.20. The molecule has 3 heterocycles. The van der Waals surface area contributed by atoms with Gasteiger partial charge in [0.25, 0.3) is 0 Å². The van der Waals surface area contributed by atoms with Crippen LogP contribution in [0.1, 0.15) is 28.7 Å². The number of benzene rings is 1.